The molecule has 1 heterocycles. The molecule has 0 fully saturated rings. The molecule has 0 saturated heterocycles. The molecule has 3 aromatic rings. The number of rotatable bonds is 2. The van der Waals surface area contributed by atoms with Crippen molar-refractivity contribution in [1.29, 1.82) is 0 Å². The molecule has 0 aliphatic carbocycles. The molecule has 0 saturated carbocycles. The van der Waals surface area contributed by atoms with Crippen LogP contribution in [0.2, 0.25) is 5.02 Å². The fourth-order valence-corrected chi connectivity index (χ4v) is 2.98. The highest BCUT2D eigenvalue weighted by Crippen LogP contribution is 2.26. The molecule has 2 nitrogen and oxygen atoms in total. The van der Waals surface area contributed by atoms with Gasteiger partial charge in [-0.3, -0.25) is 4.57 Å². The number of imidazole rings is 1. The van der Waals surface area contributed by atoms with Gasteiger partial charge < -0.3 is 4.98 Å². The predicted molar refractivity (Wildman–Crippen MR) is 85.2 cm³/mol. The first-order valence-corrected chi connectivity index (χ1v) is 7.85. The SMILES string of the molecule is CSc1ccc(-n2c(=S)[nH]c3cc(Cl)c(F)cc32)cc1. The molecule has 0 unspecified atom stereocenters. The highest BCUT2D eigenvalue weighted by molar-refractivity contribution is 7.98. The van der Waals surface area contributed by atoms with Crippen molar-refractivity contribution in [3.8, 4) is 5.69 Å². The first kappa shape index (κ1) is 13.7. The summed E-state index contributed by atoms with van der Waals surface area (Å²) in [6, 6.07) is 10.9. The third kappa shape index (κ3) is 2.26. The van der Waals surface area contributed by atoms with E-state index in [-0.39, 0.29) is 5.02 Å². The molecule has 0 amide bonds. The fraction of sp³-hybridized carbons (Fsp3) is 0.0714. The predicted octanol–water partition coefficient (Wildman–Crippen LogP) is 5.20. The minimum atomic E-state index is -0.456. The Morgan fingerprint density at radius 3 is 2.60 bits per heavy atom. The Labute approximate surface area is 129 Å². The van der Waals surface area contributed by atoms with E-state index in [1.165, 1.54) is 6.07 Å². The summed E-state index contributed by atoms with van der Waals surface area (Å²) >= 11 is 12.8. The Kier molecular flexibility index (Phi) is 3.58. The Bertz CT molecular complexity index is 837. The second-order valence-electron chi connectivity index (χ2n) is 4.25. The van der Waals surface area contributed by atoms with E-state index < -0.39 is 5.82 Å². The van der Waals surface area contributed by atoms with Gasteiger partial charge in [0.2, 0.25) is 0 Å². The first-order valence-electron chi connectivity index (χ1n) is 5.84. The standard InChI is InChI=1S/C14H10ClFN2S2/c1-20-9-4-2-8(3-5-9)18-13-7-11(16)10(15)6-12(13)17-14(18)19/h2-7H,1H3,(H,17,19). The third-order valence-corrected chi connectivity index (χ3v) is 4.37. The van der Waals surface area contributed by atoms with E-state index in [2.05, 4.69) is 4.98 Å². The van der Waals surface area contributed by atoms with Gasteiger partial charge in [0.15, 0.2) is 4.77 Å². The molecule has 1 aromatic heterocycles. The highest BCUT2D eigenvalue weighted by Gasteiger charge is 2.10. The molecule has 6 heteroatoms. The van der Waals surface area contributed by atoms with Crippen molar-refractivity contribution in [2.24, 2.45) is 0 Å². The molecular weight excluding hydrogens is 315 g/mol. The number of hydrogen-bond donors (Lipinski definition) is 1. The maximum atomic E-state index is 13.7. The van der Waals surface area contributed by atoms with Crippen molar-refractivity contribution < 1.29 is 4.39 Å². The molecule has 0 aliphatic heterocycles. The maximum absolute atomic E-state index is 13.7. The summed E-state index contributed by atoms with van der Waals surface area (Å²) in [4.78, 5) is 4.21. The minimum absolute atomic E-state index is 0.0821. The number of aromatic amines is 1. The van der Waals surface area contributed by atoms with Crippen LogP contribution in [-0.2, 0) is 0 Å². The van der Waals surface area contributed by atoms with Crippen molar-refractivity contribution in [3.63, 3.8) is 0 Å². The lowest BCUT2D eigenvalue weighted by Gasteiger charge is -2.06. The lowest BCUT2D eigenvalue weighted by atomic mass is 10.2. The van der Waals surface area contributed by atoms with Gasteiger partial charge >= 0.3 is 0 Å². The van der Waals surface area contributed by atoms with Crippen LogP contribution in [0.1, 0.15) is 0 Å². The van der Waals surface area contributed by atoms with Gasteiger partial charge in [-0.1, -0.05) is 11.6 Å². The fourth-order valence-electron chi connectivity index (χ4n) is 2.09. The average molecular weight is 325 g/mol. The first-order chi connectivity index (χ1) is 9.60. The van der Waals surface area contributed by atoms with Gasteiger partial charge in [-0.05, 0) is 48.8 Å². The third-order valence-electron chi connectivity index (χ3n) is 3.05. The van der Waals surface area contributed by atoms with Crippen LogP contribution in [0.4, 0.5) is 4.39 Å². The number of H-pyrrole nitrogens is 1. The number of fused-ring (bicyclic) bond motifs is 1. The number of halogens is 2. The van der Waals surface area contributed by atoms with Crippen LogP contribution in [0, 0.1) is 10.6 Å². The quantitative estimate of drug-likeness (QED) is 0.516. The zero-order valence-electron chi connectivity index (χ0n) is 10.5. The molecule has 0 atom stereocenters. The number of hydrogen-bond acceptors (Lipinski definition) is 2. The van der Waals surface area contributed by atoms with Crippen LogP contribution in [0.15, 0.2) is 41.3 Å². The Morgan fingerprint density at radius 1 is 1.25 bits per heavy atom. The van der Waals surface area contributed by atoms with Crippen LogP contribution in [0.25, 0.3) is 16.7 Å². The van der Waals surface area contributed by atoms with Crippen molar-refractivity contribution in [3.05, 3.63) is 52.0 Å². The smallest absolute Gasteiger partial charge is 0.182 e. The summed E-state index contributed by atoms with van der Waals surface area (Å²) in [5.41, 5.74) is 2.28. The van der Waals surface area contributed by atoms with Gasteiger partial charge in [0, 0.05) is 16.6 Å². The van der Waals surface area contributed by atoms with E-state index in [9.17, 15) is 4.39 Å². The Morgan fingerprint density at radius 2 is 1.95 bits per heavy atom. The molecular formula is C14H10ClFN2S2. The number of thioether (sulfide) groups is 1. The van der Waals surface area contributed by atoms with Crippen molar-refractivity contribution in [2.45, 2.75) is 4.90 Å². The average Bonchev–Trinajstić information content (AvgIpc) is 2.75. The van der Waals surface area contributed by atoms with Gasteiger partial charge in [-0.2, -0.15) is 0 Å². The Hall–Kier alpha value is -1.30. The summed E-state index contributed by atoms with van der Waals surface area (Å²) < 4.78 is 16.0. The molecule has 0 bridgehead atoms. The van der Waals surface area contributed by atoms with Gasteiger partial charge in [0.1, 0.15) is 5.82 Å². The van der Waals surface area contributed by atoms with E-state index in [1.54, 1.807) is 22.4 Å². The second-order valence-corrected chi connectivity index (χ2v) is 5.92. The zero-order valence-corrected chi connectivity index (χ0v) is 12.9. The summed E-state index contributed by atoms with van der Waals surface area (Å²) in [5.74, 6) is -0.456. The van der Waals surface area contributed by atoms with E-state index in [0.29, 0.717) is 10.3 Å². The molecule has 20 heavy (non-hydrogen) atoms. The lowest BCUT2D eigenvalue weighted by Crippen LogP contribution is -1.94. The van der Waals surface area contributed by atoms with Crippen LogP contribution in [-0.4, -0.2) is 15.8 Å². The van der Waals surface area contributed by atoms with Crippen LogP contribution < -0.4 is 0 Å². The van der Waals surface area contributed by atoms with Crippen LogP contribution >= 0.6 is 35.6 Å². The summed E-state index contributed by atoms with van der Waals surface area (Å²) in [7, 11) is 0. The van der Waals surface area contributed by atoms with Crippen LogP contribution in [0.5, 0.6) is 0 Å². The second kappa shape index (κ2) is 5.24. The Balaban J connectivity index is 2.26. The molecule has 2 aromatic carbocycles. The minimum Gasteiger partial charge on any atom is -0.330 e. The van der Waals surface area contributed by atoms with E-state index in [4.69, 9.17) is 23.8 Å². The number of nitrogens with zero attached hydrogens (tertiary/aromatic N) is 1. The van der Waals surface area contributed by atoms with Gasteiger partial charge in [-0.25, -0.2) is 4.39 Å². The van der Waals surface area contributed by atoms with Crippen molar-refractivity contribution >= 4 is 46.6 Å². The summed E-state index contributed by atoms with van der Waals surface area (Å²) in [6.45, 7) is 0. The number of aromatic nitrogens is 2. The highest BCUT2D eigenvalue weighted by atomic mass is 35.5. The van der Waals surface area contributed by atoms with Crippen molar-refractivity contribution in [2.75, 3.05) is 6.26 Å². The molecule has 3 rings (SSSR count). The van der Waals surface area contributed by atoms with E-state index >= 15 is 0 Å². The van der Waals surface area contributed by atoms with Gasteiger partial charge in [0.25, 0.3) is 0 Å². The molecule has 102 valence electrons. The monoisotopic (exact) mass is 324 g/mol. The lowest BCUT2D eigenvalue weighted by molar-refractivity contribution is 0.629. The topological polar surface area (TPSA) is 20.7 Å². The summed E-state index contributed by atoms with van der Waals surface area (Å²) in [6.07, 6.45) is 2.02. The summed E-state index contributed by atoms with van der Waals surface area (Å²) in [5, 5.41) is 0.0821. The largest absolute Gasteiger partial charge is 0.330 e. The normalized spacial score (nSPS) is 11.2. The zero-order chi connectivity index (χ0) is 14.3. The number of benzene rings is 2. The van der Waals surface area contributed by atoms with E-state index in [0.717, 1.165) is 16.1 Å². The molecule has 0 spiro atoms. The maximum Gasteiger partial charge on any atom is 0.182 e. The van der Waals surface area contributed by atoms with Crippen molar-refractivity contribution in [1.82, 2.24) is 9.55 Å². The van der Waals surface area contributed by atoms with Gasteiger partial charge in [-0.15, -0.1) is 11.8 Å². The molecule has 0 aliphatic rings. The molecule has 0 radical (unpaired) electrons. The number of nitrogens with one attached hydrogen (secondary N) is 1. The van der Waals surface area contributed by atoms with Gasteiger partial charge in [0.05, 0.1) is 16.1 Å². The molecule has 1 N–H and O–H groups in total. The van der Waals surface area contributed by atoms with Crippen LogP contribution in [0.3, 0.4) is 0 Å². The van der Waals surface area contributed by atoms with E-state index in [1.807, 2.05) is 30.5 Å².